The molecular weight excluding hydrogens is 184 g/mol. The molecule has 0 fully saturated rings. The molecule has 15 heavy (non-hydrogen) atoms. The highest BCUT2D eigenvalue weighted by atomic mass is 15.1. The SMILES string of the molecule is CCCCCCN(CCCC)CCNC. The van der Waals surface area contributed by atoms with E-state index >= 15 is 0 Å². The lowest BCUT2D eigenvalue weighted by atomic mass is 10.2. The molecule has 0 aliphatic heterocycles. The largest absolute Gasteiger partial charge is 0.318 e. The van der Waals surface area contributed by atoms with Crippen molar-refractivity contribution in [2.24, 2.45) is 0 Å². The summed E-state index contributed by atoms with van der Waals surface area (Å²) in [5.41, 5.74) is 0. The Hall–Kier alpha value is -0.0800. The lowest BCUT2D eigenvalue weighted by molar-refractivity contribution is 0.265. The van der Waals surface area contributed by atoms with Gasteiger partial charge in [-0.1, -0.05) is 39.5 Å². The fraction of sp³-hybridized carbons (Fsp3) is 1.00. The van der Waals surface area contributed by atoms with Crippen molar-refractivity contribution >= 4 is 0 Å². The highest BCUT2D eigenvalue weighted by Gasteiger charge is 2.02. The van der Waals surface area contributed by atoms with Crippen LogP contribution in [0.3, 0.4) is 0 Å². The summed E-state index contributed by atoms with van der Waals surface area (Å²) in [6.45, 7) is 9.45. The Morgan fingerprint density at radius 3 is 2.07 bits per heavy atom. The third-order valence-electron chi connectivity index (χ3n) is 2.83. The molecule has 2 heteroatoms. The van der Waals surface area contributed by atoms with Crippen LogP contribution in [0.1, 0.15) is 52.4 Å². The van der Waals surface area contributed by atoms with Crippen molar-refractivity contribution in [1.82, 2.24) is 10.2 Å². The summed E-state index contributed by atoms with van der Waals surface area (Å²) < 4.78 is 0. The number of unbranched alkanes of at least 4 members (excludes halogenated alkanes) is 4. The van der Waals surface area contributed by atoms with Gasteiger partial charge in [-0.25, -0.2) is 0 Å². The molecule has 1 N–H and O–H groups in total. The van der Waals surface area contributed by atoms with Gasteiger partial charge >= 0.3 is 0 Å². The smallest absolute Gasteiger partial charge is 0.0107 e. The second-order valence-corrected chi connectivity index (χ2v) is 4.36. The number of likely N-dealkylation sites (N-methyl/N-ethyl adjacent to an activating group) is 1. The fourth-order valence-electron chi connectivity index (χ4n) is 1.75. The van der Waals surface area contributed by atoms with Crippen molar-refractivity contribution in [3.63, 3.8) is 0 Å². The Morgan fingerprint density at radius 1 is 0.800 bits per heavy atom. The Morgan fingerprint density at radius 2 is 1.47 bits per heavy atom. The van der Waals surface area contributed by atoms with Crippen LogP contribution in [0.15, 0.2) is 0 Å². The van der Waals surface area contributed by atoms with Gasteiger partial charge in [0.15, 0.2) is 0 Å². The molecule has 0 unspecified atom stereocenters. The topological polar surface area (TPSA) is 15.3 Å². The van der Waals surface area contributed by atoms with Gasteiger partial charge in [0.1, 0.15) is 0 Å². The van der Waals surface area contributed by atoms with Gasteiger partial charge in [-0.3, -0.25) is 0 Å². The van der Waals surface area contributed by atoms with Gasteiger partial charge in [0.2, 0.25) is 0 Å². The minimum Gasteiger partial charge on any atom is -0.318 e. The zero-order valence-corrected chi connectivity index (χ0v) is 11.0. The number of rotatable bonds is 11. The minimum atomic E-state index is 1.12. The number of nitrogens with one attached hydrogen (secondary N) is 1. The van der Waals surface area contributed by atoms with E-state index in [2.05, 4.69) is 24.1 Å². The first kappa shape index (κ1) is 14.9. The van der Waals surface area contributed by atoms with Gasteiger partial charge in [0.05, 0.1) is 0 Å². The molecule has 0 aromatic heterocycles. The molecule has 92 valence electrons. The van der Waals surface area contributed by atoms with Crippen molar-refractivity contribution in [3.8, 4) is 0 Å². The molecule has 0 amide bonds. The monoisotopic (exact) mass is 214 g/mol. The average Bonchev–Trinajstić information content (AvgIpc) is 2.27. The third-order valence-corrected chi connectivity index (χ3v) is 2.83. The predicted octanol–water partition coefficient (Wildman–Crippen LogP) is 2.89. The van der Waals surface area contributed by atoms with E-state index < -0.39 is 0 Å². The van der Waals surface area contributed by atoms with Gasteiger partial charge in [0, 0.05) is 13.1 Å². The van der Waals surface area contributed by atoms with Crippen molar-refractivity contribution in [2.75, 3.05) is 33.2 Å². The molecule has 2 nitrogen and oxygen atoms in total. The van der Waals surface area contributed by atoms with Crippen LogP contribution >= 0.6 is 0 Å². The van der Waals surface area contributed by atoms with Crippen LogP contribution in [0.25, 0.3) is 0 Å². The van der Waals surface area contributed by atoms with E-state index in [0.717, 1.165) is 6.54 Å². The molecular formula is C13H30N2. The van der Waals surface area contributed by atoms with E-state index in [0.29, 0.717) is 0 Å². The maximum atomic E-state index is 3.23. The summed E-state index contributed by atoms with van der Waals surface area (Å²) in [5.74, 6) is 0. The molecule has 0 aliphatic carbocycles. The molecule has 0 atom stereocenters. The Balaban J connectivity index is 3.49. The van der Waals surface area contributed by atoms with E-state index in [-0.39, 0.29) is 0 Å². The number of hydrogen-bond donors (Lipinski definition) is 1. The first-order valence-corrected chi connectivity index (χ1v) is 6.72. The molecule has 0 aromatic rings. The standard InChI is InChI=1S/C13H30N2/c1-4-6-8-9-12-15(11-7-5-2)13-10-14-3/h14H,4-13H2,1-3H3. The summed E-state index contributed by atoms with van der Waals surface area (Å²) in [5, 5.41) is 3.23. The second kappa shape index (κ2) is 12.0. The van der Waals surface area contributed by atoms with E-state index in [1.807, 2.05) is 7.05 Å². The summed E-state index contributed by atoms with van der Waals surface area (Å²) in [4.78, 5) is 2.61. The maximum absolute atomic E-state index is 3.23. The molecule has 0 aromatic carbocycles. The Labute approximate surface area is 96.4 Å². The highest BCUT2D eigenvalue weighted by Crippen LogP contribution is 2.02. The van der Waals surface area contributed by atoms with Crippen LogP contribution < -0.4 is 5.32 Å². The summed E-state index contributed by atoms with van der Waals surface area (Å²) in [7, 11) is 2.04. The highest BCUT2D eigenvalue weighted by molar-refractivity contribution is 4.59. The molecule has 0 rings (SSSR count). The summed E-state index contributed by atoms with van der Waals surface area (Å²) >= 11 is 0. The molecule has 0 bridgehead atoms. The number of nitrogens with zero attached hydrogens (tertiary/aromatic N) is 1. The van der Waals surface area contributed by atoms with Gasteiger partial charge < -0.3 is 10.2 Å². The van der Waals surface area contributed by atoms with Crippen LogP contribution in [-0.2, 0) is 0 Å². The van der Waals surface area contributed by atoms with Crippen molar-refractivity contribution in [2.45, 2.75) is 52.4 Å². The van der Waals surface area contributed by atoms with Gasteiger partial charge in [-0.2, -0.15) is 0 Å². The third kappa shape index (κ3) is 10.2. The van der Waals surface area contributed by atoms with Crippen molar-refractivity contribution in [3.05, 3.63) is 0 Å². The normalized spacial score (nSPS) is 11.2. The van der Waals surface area contributed by atoms with Crippen LogP contribution in [0.2, 0.25) is 0 Å². The second-order valence-electron chi connectivity index (χ2n) is 4.36. The van der Waals surface area contributed by atoms with E-state index in [9.17, 15) is 0 Å². The zero-order valence-electron chi connectivity index (χ0n) is 11.0. The van der Waals surface area contributed by atoms with Crippen LogP contribution in [-0.4, -0.2) is 38.1 Å². The van der Waals surface area contributed by atoms with Crippen LogP contribution in [0, 0.1) is 0 Å². The summed E-state index contributed by atoms with van der Waals surface area (Å²) in [6.07, 6.45) is 8.17. The molecule has 0 heterocycles. The molecule has 0 radical (unpaired) electrons. The zero-order chi connectivity index (χ0) is 11.4. The van der Waals surface area contributed by atoms with E-state index in [4.69, 9.17) is 0 Å². The van der Waals surface area contributed by atoms with Gasteiger partial charge in [0.25, 0.3) is 0 Å². The molecule has 0 saturated carbocycles. The quantitative estimate of drug-likeness (QED) is 0.532. The Bertz CT molecular complexity index is 107. The van der Waals surface area contributed by atoms with E-state index in [1.54, 1.807) is 0 Å². The van der Waals surface area contributed by atoms with Crippen LogP contribution in [0.5, 0.6) is 0 Å². The molecule has 0 saturated heterocycles. The van der Waals surface area contributed by atoms with E-state index in [1.165, 1.54) is 58.2 Å². The fourth-order valence-corrected chi connectivity index (χ4v) is 1.75. The van der Waals surface area contributed by atoms with Crippen LogP contribution in [0.4, 0.5) is 0 Å². The maximum Gasteiger partial charge on any atom is 0.0107 e. The minimum absolute atomic E-state index is 1.12. The van der Waals surface area contributed by atoms with Gasteiger partial charge in [-0.15, -0.1) is 0 Å². The van der Waals surface area contributed by atoms with Gasteiger partial charge in [-0.05, 0) is 33.0 Å². The summed E-state index contributed by atoms with van der Waals surface area (Å²) in [6, 6.07) is 0. The first-order valence-electron chi connectivity index (χ1n) is 6.72. The van der Waals surface area contributed by atoms with Crippen molar-refractivity contribution in [1.29, 1.82) is 0 Å². The lowest BCUT2D eigenvalue weighted by Crippen LogP contribution is -2.32. The number of hydrogen-bond acceptors (Lipinski definition) is 2. The lowest BCUT2D eigenvalue weighted by Gasteiger charge is -2.21. The predicted molar refractivity (Wildman–Crippen MR) is 69.4 cm³/mol. The molecule has 0 aliphatic rings. The average molecular weight is 214 g/mol. The Kier molecular flexibility index (Phi) is 11.9. The van der Waals surface area contributed by atoms with Crippen molar-refractivity contribution < 1.29 is 0 Å². The molecule has 0 spiro atoms. The first-order chi connectivity index (χ1) is 7.35.